The number of pyridine rings is 2. The highest BCUT2D eigenvalue weighted by Gasteiger charge is 2.45. The lowest BCUT2D eigenvalue weighted by molar-refractivity contribution is -0.136. The Labute approximate surface area is 364 Å². The number of imide groups is 2. The first-order chi connectivity index (χ1) is 31.2. The first-order valence-corrected chi connectivity index (χ1v) is 19.6. The molecule has 2 aliphatic heterocycles. The van der Waals surface area contributed by atoms with Crippen molar-refractivity contribution in [3.8, 4) is 17.1 Å². The van der Waals surface area contributed by atoms with Crippen LogP contribution in [0.25, 0.3) is 17.1 Å². The van der Waals surface area contributed by atoms with E-state index in [4.69, 9.17) is 19.6 Å². The third-order valence-electron chi connectivity index (χ3n) is 9.59. The van der Waals surface area contributed by atoms with Crippen LogP contribution in [0, 0.1) is 0 Å². The number of carbonyl (C=O) groups is 7. The molecule has 2 aliphatic rings. The van der Waals surface area contributed by atoms with E-state index in [2.05, 4.69) is 46.6 Å². The Bertz CT molecular complexity index is 2650. The van der Waals surface area contributed by atoms with E-state index >= 15 is 0 Å². The van der Waals surface area contributed by atoms with Crippen molar-refractivity contribution in [2.75, 3.05) is 62.0 Å². The summed E-state index contributed by atoms with van der Waals surface area (Å²) in [6.45, 7) is -0.0857. The van der Waals surface area contributed by atoms with Gasteiger partial charge in [-0.15, -0.1) is 0 Å². The normalized spacial score (nSPS) is 14.8. The zero-order chi connectivity index (χ0) is 46.3. The number of oxazole rings is 1. The molecular weight excluding hydrogens is 866 g/mol. The quantitative estimate of drug-likeness (QED) is 0.0510. The fourth-order valence-electron chi connectivity index (χ4n) is 6.55. The molecule has 0 bridgehead atoms. The van der Waals surface area contributed by atoms with Crippen LogP contribution in [0.4, 0.5) is 30.4 Å². The van der Waals surface area contributed by atoms with Crippen LogP contribution in [-0.4, -0.2) is 129 Å². The Kier molecular flexibility index (Phi) is 13.5. The number of nitrogens with two attached hydrogens (primary N) is 1. The van der Waals surface area contributed by atoms with Gasteiger partial charge in [0.05, 0.1) is 61.3 Å². The van der Waals surface area contributed by atoms with E-state index in [9.17, 15) is 46.7 Å². The molecule has 0 spiro atoms. The van der Waals surface area contributed by atoms with Gasteiger partial charge in [0.15, 0.2) is 11.4 Å². The summed E-state index contributed by atoms with van der Waals surface area (Å²) in [7, 11) is 0. The molecule has 22 nitrogen and oxygen atoms in total. The van der Waals surface area contributed by atoms with Crippen LogP contribution in [-0.2, 0) is 19.1 Å². The third kappa shape index (κ3) is 10.8. The summed E-state index contributed by atoms with van der Waals surface area (Å²) in [5, 5.41) is 16.7. The minimum Gasteiger partial charge on any atom is -0.444 e. The Balaban J connectivity index is 0.819. The van der Waals surface area contributed by atoms with Crippen LogP contribution >= 0.6 is 0 Å². The van der Waals surface area contributed by atoms with Crippen molar-refractivity contribution in [3.05, 3.63) is 95.5 Å². The number of carbonyl (C=O) groups excluding carboxylic acids is 7. The Hall–Kier alpha value is -8.06. The molecule has 1 aromatic carbocycles. The molecule has 6 heterocycles. The van der Waals surface area contributed by atoms with Gasteiger partial charge in [0, 0.05) is 37.0 Å². The number of hydrogen-bond acceptors (Lipinski definition) is 16. The highest BCUT2D eigenvalue weighted by atomic mass is 19.4. The molecule has 25 heteroatoms. The number of benzene rings is 1. The van der Waals surface area contributed by atoms with Crippen molar-refractivity contribution in [3.63, 3.8) is 0 Å². The van der Waals surface area contributed by atoms with Gasteiger partial charge in [-0.05, 0) is 42.8 Å². The van der Waals surface area contributed by atoms with Crippen molar-refractivity contribution < 1.29 is 60.6 Å². The minimum absolute atomic E-state index is 0.0181. The lowest BCUT2D eigenvalue weighted by atomic mass is 10.0. The molecule has 0 aliphatic carbocycles. The van der Waals surface area contributed by atoms with E-state index in [1.54, 1.807) is 12.1 Å². The van der Waals surface area contributed by atoms with Crippen LogP contribution in [0.3, 0.4) is 0 Å². The maximum atomic E-state index is 13.2. The molecule has 338 valence electrons. The fourth-order valence-corrected chi connectivity index (χ4v) is 6.55. The molecule has 5 aromatic rings. The molecule has 4 aromatic heterocycles. The number of aromatic nitrogens is 5. The molecule has 0 radical (unpaired) electrons. The van der Waals surface area contributed by atoms with E-state index in [0.29, 0.717) is 11.4 Å². The first-order valence-electron chi connectivity index (χ1n) is 19.6. The van der Waals surface area contributed by atoms with E-state index < -0.39 is 60.1 Å². The van der Waals surface area contributed by atoms with Gasteiger partial charge >= 0.3 is 6.18 Å². The van der Waals surface area contributed by atoms with Crippen molar-refractivity contribution >= 4 is 58.5 Å². The molecule has 1 fully saturated rings. The number of rotatable bonds is 19. The maximum absolute atomic E-state index is 13.2. The largest absolute Gasteiger partial charge is 0.444 e. The molecule has 1 atom stereocenters. The van der Waals surface area contributed by atoms with E-state index in [-0.39, 0.29) is 104 Å². The van der Waals surface area contributed by atoms with E-state index in [1.807, 2.05) is 0 Å². The number of ether oxygens (including phenoxy) is 2. The number of primary amides is 1. The average molecular weight is 903 g/mol. The van der Waals surface area contributed by atoms with Crippen LogP contribution in [0.5, 0.6) is 0 Å². The number of halogens is 3. The Morgan fingerprint density at radius 2 is 1.69 bits per heavy atom. The van der Waals surface area contributed by atoms with Crippen molar-refractivity contribution in [1.82, 2.24) is 40.3 Å². The molecule has 7 N–H and O–H groups in total. The number of nitrogens with zero attached hydrogens (tertiary/aromatic N) is 6. The number of fused-ring (bicyclic) bond motifs is 1. The molecule has 1 unspecified atom stereocenters. The predicted molar refractivity (Wildman–Crippen MR) is 218 cm³/mol. The fraction of sp³-hybridized carbons (Fsp3) is 0.275. The van der Waals surface area contributed by atoms with Gasteiger partial charge in [-0.25, -0.2) is 19.6 Å². The Morgan fingerprint density at radius 3 is 2.42 bits per heavy atom. The molecule has 1 saturated heterocycles. The highest BCUT2D eigenvalue weighted by molar-refractivity contribution is 6.25. The summed E-state index contributed by atoms with van der Waals surface area (Å²) in [6.07, 6.45) is 0.433. The number of piperidine rings is 1. The van der Waals surface area contributed by atoms with Gasteiger partial charge in [0.25, 0.3) is 29.5 Å². The number of hydrogen-bond donors (Lipinski definition) is 6. The second-order valence-corrected chi connectivity index (χ2v) is 14.1. The van der Waals surface area contributed by atoms with Crippen LogP contribution < -0.4 is 32.3 Å². The summed E-state index contributed by atoms with van der Waals surface area (Å²) in [6, 6.07) is 9.26. The lowest BCUT2D eigenvalue weighted by Gasteiger charge is -2.27. The van der Waals surface area contributed by atoms with Crippen molar-refractivity contribution in [2.24, 2.45) is 5.73 Å². The van der Waals surface area contributed by atoms with E-state index in [0.717, 1.165) is 11.2 Å². The average Bonchev–Trinajstić information content (AvgIpc) is 4.01. The summed E-state index contributed by atoms with van der Waals surface area (Å²) in [4.78, 5) is 101. The molecule has 7 rings (SSSR count). The minimum atomic E-state index is -4.47. The van der Waals surface area contributed by atoms with E-state index in [1.165, 1.54) is 53.6 Å². The summed E-state index contributed by atoms with van der Waals surface area (Å²) in [5.74, 6) is -4.87. The standard InChI is InChI=1S/C40H37F3N12O10/c41-40(42,43)20-49-29-16-21(8-9-46-29)37-51-27(19-65-37)35(59)50-26-18-54(53-32(26)33(44)57)22-4-5-25(48-17-22)34(58)47-11-13-64-15-14-63-12-10-45-24-3-1-2-23-31(24)39(62)55(38(23)61)28-6-7-30(56)52-36(28)60/h1-5,8-9,16-19,28,45H,6-7,10-15,20H2,(H2,44,57)(H,46,49)(H,47,58)(H,50,59)(H,52,56,60). The number of anilines is 3. The first kappa shape index (κ1) is 45.0. The molecule has 0 saturated carbocycles. The SMILES string of the molecule is NC(=O)c1nn(-c2ccc(C(=O)NCCOCCOCCNc3cccc4c3C(=O)N(C3CCC(=O)NC3=O)C4=O)nc2)cc1NC(=O)c1coc(-c2ccnc(NCC(F)(F)F)c2)n1. The van der Waals surface area contributed by atoms with Gasteiger partial charge in [0.2, 0.25) is 17.7 Å². The number of amides is 7. The smallest absolute Gasteiger partial charge is 0.405 e. The van der Waals surface area contributed by atoms with Crippen LogP contribution in [0.2, 0.25) is 0 Å². The third-order valence-corrected chi connectivity index (χ3v) is 9.59. The van der Waals surface area contributed by atoms with Crippen molar-refractivity contribution in [2.45, 2.75) is 25.1 Å². The van der Waals surface area contributed by atoms with Gasteiger partial charge in [-0.3, -0.25) is 43.8 Å². The summed E-state index contributed by atoms with van der Waals surface area (Å²) in [5.41, 5.74) is 6.15. The second-order valence-electron chi connectivity index (χ2n) is 14.1. The lowest BCUT2D eigenvalue weighted by Crippen LogP contribution is -2.54. The highest BCUT2D eigenvalue weighted by Crippen LogP contribution is 2.32. The number of nitrogens with one attached hydrogen (secondary N) is 5. The van der Waals surface area contributed by atoms with Gasteiger partial charge in [-0.2, -0.15) is 18.3 Å². The molecule has 7 amide bonds. The monoisotopic (exact) mass is 902 g/mol. The zero-order valence-corrected chi connectivity index (χ0v) is 33.8. The van der Waals surface area contributed by atoms with Gasteiger partial charge < -0.3 is 40.9 Å². The van der Waals surface area contributed by atoms with Gasteiger partial charge in [-0.1, -0.05) is 6.07 Å². The van der Waals surface area contributed by atoms with Crippen molar-refractivity contribution in [1.29, 1.82) is 0 Å². The Morgan fingerprint density at radius 1 is 0.908 bits per heavy atom. The maximum Gasteiger partial charge on any atom is 0.405 e. The zero-order valence-electron chi connectivity index (χ0n) is 33.8. The van der Waals surface area contributed by atoms with Crippen LogP contribution in [0.1, 0.15) is 65.0 Å². The summed E-state index contributed by atoms with van der Waals surface area (Å²) >= 11 is 0. The second kappa shape index (κ2) is 19.5. The molecule has 65 heavy (non-hydrogen) atoms. The predicted octanol–water partition coefficient (Wildman–Crippen LogP) is 1.92. The summed E-state index contributed by atoms with van der Waals surface area (Å²) < 4.78 is 55.5. The topological polar surface area (TPSA) is 297 Å². The van der Waals surface area contributed by atoms with Gasteiger partial charge in [0.1, 0.15) is 30.4 Å². The van der Waals surface area contributed by atoms with Crippen LogP contribution in [0.15, 0.2) is 71.7 Å². The number of alkyl halides is 3. The molecular formula is C40H37F3N12O10.